The van der Waals surface area contributed by atoms with Crippen LogP contribution < -0.4 is 0 Å². The molecular formula is C16H19ClFN3O3S. The van der Waals surface area contributed by atoms with Crippen LogP contribution in [0.5, 0.6) is 0 Å². The Morgan fingerprint density at radius 3 is 2.96 bits per heavy atom. The monoisotopic (exact) mass is 387 g/mol. The molecule has 1 fully saturated rings. The second kappa shape index (κ2) is 7.41. The molecule has 0 aliphatic carbocycles. The third-order valence-corrected chi connectivity index (χ3v) is 6.15. The SMILES string of the molecule is CCn1cc([C@@H]2CN(S(=O)(=O)Cc3cc(Cl)ccc3F)CCO2)cn1. The molecule has 0 saturated carbocycles. The van der Waals surface area contributed by atoms with Gasteiger partial charge in [-0.05, 0) is 25.1 Å². The molecule has 2 heterocycles. The van der Waals surface area contributed by atoms with Crippen LogP contribution in [0.3, 0.4) is 0 Å². The summed E-state index contributed by atoms with van der Waals surface area (Å²) in [6.45, 7) is 3.39. The number of halogens is 2. The molecule has 1 atom stereocenters. The topological polar surface area (TPSA) is 64.4 Å². The number of nitrogens with zero attached hydrogens (tertiary/aromatic N) is 3. The average Bonchev–Trinajstić information content (AvgIpc) is 3.07. The van der Waals surface area contributed by atoms with Crippen LogP contribution >= 0.6 is 11.6 Å². The first-order chi connectivity index (χ1) is 11.9. The van der Waals surface area contributed by atoms with Gasteiger partial charge >= 0.3 is 0 Å². The largest absolute Gasteiger partial charge is 0.371 e. The molecule has 0 spiro atoms. The van der Waals surface area contributed by atoms with Gasteiger partial charge in [0.25, 0.3) is 0 Å². The quantitative estimate of drug-likeness (QED) is 0.791. The maximum absolute atomic E-state index is 13.9. The predicted molar refractivity (Wildman–Crippen MR) is 92.2 cm³/mol. The van der Waals surface area contributed by atoms with Gasteiger partial charge in [-0.25, -0.2) is 12.8 Å². The van der Waals surface area contributed by atoms with E-state index in [1.54, 1.807) is 10.9 Å². The molecule has 1 aliphatic rings. The lowest BCUT2D eigenvalue weighted by Crippen LogP contribution is -2.42. The van der Waals surface area contributed by atoms with Gasteiger partial charge in [0.1, 0.15) is 5.82 Å². The van der Waals surface area contributed by atoms with Crippen molar-refractivity contribution in [2.75, 3.05) is 19.7 Å². The molecule has 1 aromatic heterocycles. The first-order valence-corrected chi connectivity index (χ1v) is 9.93. The second-order valence-electron chi connectivity index (χ2n) is 5.84. The number of benzene rings is 1. The van der Waals surface area contributed by atoms with Crippen molar-refractivity contribution < 1.29 is 17.5 Å². The summed E-state index contributed by atoms with van der Waals surface area (Å²) < 4.78 is 48.0. The first kappa shape index (κ1) is 18.3. The highest BCUT2D eigenvalue weighted by Gasteiger charge is 2.31. The number of aryl methyl sites for hydroxylation is 1. The fraction of sp³-hybridized carbons (Fsp3) is 0.438. The van der Waals surface area contributed by atoms with E-state index < -0.39 is 21.6 Å². The molecule has 0 amide bonds. The van der Waals surface area contributed by atoms with Crippen LogP contribution in [0.25, 0.3) is 0 Å². The van der Waals surface area contributed by atoms with Gasteiger partial charge in [0.15, 0.2) is 0 Å². The molecule has 0 bridgehead atoms. The van der Waals surface area contributed by atoms with Crippen LogP contribution in [0.4, 0.5) is 4.39 Å². The van der Waals surface area contributed by atoms with Crippen molar-refractivity contribution >= 4 is 21.6 Å². The van der Waals surface area contributed by atoms with Crippen LogP contribution in [0.1, 0.15) is 24.2 Å². The fourth-order valence-electron chi connectivity index (χ4n) is 2.74. The summed E-state index contributed by atoms with van der Waals surface area (Å²) in [5.41, 5.74) is 0.894. The lowest BCUT2D eigenvalue weighted by Gasteiger charge is -2.31. The van der Waals surface area contributed by atoms with Gasteiger partial charge < -0.3 is 4.74 Å². The minimum atomic E-state index is -3.69. The van der Waals surface area contributed by atoms with Crippen LogP contribution in [0.15, 0.2) is 30.6 Å². The minimum Gasteiger partial charge on any atom is -0.371 e. The van der Waals surface area contributed by atoms with E-state index in [0.717, 1.165) is 12.1 Å². The molecule has 6 nitrogen and oxygen atoms in total. The number of hydrogen-bond acceptors (Lipinski definition) is 4. The van der Waals surface area contributed by atoms with Gasteiger partial charge in [-0.2, -0.15) is 9.40 Å². The van der Waals surface area contributed by atoms with Crippen LogP contribution in [0, 0.1) is 5.82 Å². The maximum atomic E-state index is 13.9. The van der Waals surface area contributed by atoms with Gasteiger partial charge in [0.2, 0.25) is 10.0 Å². The Morgan fingerprint density at radius 1 is 1.44 bits per heavy atom. The van der Waals surface area contributed by atoms with E-state index in [2.05, 4.69) is 5.10 Å². The molecular weight excluding hydrogens is 369 g/mol. The highest BCUT2D eigenvalue weighted by atomic mass is 35.5. The number of rotatable bonds is 5. The number of aromatic nitrogens is 2. The standard InChI is InChI=1S/C16H19ClFN3O3S/c1-2-20-9-13(8-19-20)16-10-21(5-6-24-16)25(22,23)11-12-7-14(17)3-4-15(12)18/h3-4,7-9,16H,2,5-6,10-11H2,1H3/t16-/m0/s1. The van der Waals surface area contributed by atoms with E-state index in [-0.39, 0.29) is 31.4 Å². The fourth-order valence-corrected chi connectivity index (χ4v) is 4.45. The van der Waals surface area contributed by atoms with Gasteiger partial charge in [0, 0.05) is 42.0 Å². The van der Waals surface area contributed by atoms with Crippen molar-refractivity contribution in [1.29, 1.82) is 0 Å². The number of ether oxygens (including phenoxy) is 1. The Balaban J connectivity index is 1.76. The summed E-state index contributed by atoms with van der Waals surface area (Å²) in [5, 5.41) is 4.49. The molecule has 2 aromatic rings. The van der Waals surface area contributed by atoms with Crippen molar-refractivity contribution in [1.82, 2.24) is 14.1 Å². The maximum Gasteiger partial charge on any atom is 0.218 e. The number of hydrogen-bond donors (Lipinski definition) is 0. The molecule has 1 aliphatic heterocycles. The summed E-state index contributed by atoms with van der Waals surface area (Å²) in [6.07, 6.45) is 3.14. The number of sulfonamides is 1. The summed E-state index contributed by atoms with van der Waals surface area (Å²) >= 11 is 5.85. The summed E-state index contributed by atoms with van der Waals surface area (Å²) in [5.74, 6) is -1.01. The third kappa shape index (κ3) is 4.20. The van der Waals surface area contributed by atoms with Gasteiger partial charge in [-0.15, -0.1) is 0 Å². The van der Waals surface area contributed by atoms with E-state index >= 15 is 0 Å². The van der Waals surface area contributed by atoms with Crippen molar-refractivity contribution in [2.45, 2.75) is 25.3 Å². The molecule has 3 rings (SSSR count). The zero-order valence-corrected chi connectivity index (χ0v) is 15.3. The molecule has 136 valence electrons. The van der Waals surface area contributed by atoms with Gasteiger partial charge in [-0.1, -0.05) is 11.6 Å². The molecule has 0 N–H and O–H groups in total. The third-order valence-electron chi connectivity index (χ3n) is 4.12. The lowest BCUT2D eigenvalue weighted by molar-refractivity contribution is -0.00265. The first-order valence-electron chi connectivity index (χ1n) is 7.94. The highest BCUT2D eigenvalue weighted by molar-refractivity contribution is 7.88. The van der Waals surface area contributed by atoms with Crippen molar-refractivity contribution in [3.8, 4) is 0 Å². The predicted octanol–water partition coefficient (Wildman–Crippen LogP) is 2.60. The number of morpholine rings is 1. The molecule has 1 aromatic carbocycles. The lowest BCUT2D eigenvalue weighted by atomic mass is 10.2. The van der Waals surface area contributed by atoms with Gasteiger partial charge in [-0.3, -0.25) is 4.68 Å². The average molecular weight is 388 g/mol. The van der Waals surface area contributed by atoms with Crippen molar-refractivity contribution in [3.05, 3.63) is 52.6 Å². The highest BCUT2D eigenvalue weighted by Crippen LogP contribution is 2.26. The zero-order chi connectivity index (χ0) is 18.0. The molecule has 25 heavy (non-hydrogen) atoms. The van der Waals surface area contributed by atoms with E-state index in [1.807, 2.05) is 13.1 Å². The summed E-state index contributed by atoms with van der Waals surface area (Å²) in [4.78, 5) is 0. The van der Waals surface area contributed by atoms with E-state index in [9.17, 15) is 12.8 Å². The van der Waals surface area contributed by atoms with Crippen LogP contribution in [-0.2, 0) is 27.1 Å². The molecule has 0 radical (unpaired) electrons. The normalized spacial score (nSPS) is 19.2. The Labute approximate surface area is 151 Å². The van der Waals surface area contributed by atoms with Crippen molar-refractivity contribution in [2.24, 2.45) is 0 Å². The zero-order valence-electron chi connectivity index (χ0n) is 13.7. The molecule has 9 heteroatoms. The molecule has 1 saturated heterocycles. The van der Waals surface area contributed by atoms with Crippen LogP contribution in [0.2, 0.25) is 5.02 Å². The molecule has 0 unspecified atom stereocenters. The smallest absolute Gasteiger partial charge is 0.218 e. The minimum absolute atomic E-state index is 0.0642. The Hall–Kier alpha value is -1.48. The van der Waals surface area contributed by atoms with E-state index in [0.29, 0.717) is 5.02 Å². The van der Waals surface area contributed by atoms with Gasteiger partial charge in [0.05, 0.1) is 24.7 Å². The van der Waals surface area contributed by atoms with E-state index in [4.69, 9.17) is 16.3 Å². The second-order valence-corrected chi connectivity index (χ2v) is 8.24. The Kier molecular flexibility index (Phi) is 5.43. The van der Waals surface area contributed by atoms with Crippen molar-refractivity contribution in [3.63, 3.8) is 0 Å². The van der Waals surface area contributed by atoms with Crippen LogP contribution in [-0.4, -0.2) is 42.2 Å². The van der Waals surface area contributed by atoms with E-state index in [1.165, 1.54) is 22.5 Å². The summed E-state index contributed by atoms with van der Waals surface area (Å²) in [6, 6.07) is 3.91. The Bertz CT molecular complexity index is 856. The summed E-state index contributed by atoms with van der Waals surface area (Å²) in [7, 11) is -3.69. The Morgan fingerprint density at radius 2 is 2.24 bits per heavy atom.